The van der Waals surface area contributed by atoms with E-state index >= 15 is 0 Å². The zero-order chi connectivity index (χ0) is 17.5. The third-order valence-electron chi connectivity index (χ3n) is 4.53. The van der Waals surface area contributed by atoms with E-state index in [0.717, 1.165) is 36.9 Å². The number of hydrogen-bond donors (Lipinski definition) is 1. The topological polar surface area (TPSA) is 49.4 Å². The minimum Gasteiger partial charge on any atom is -0.355 e. The Morgan fingerprint density at radius 1 is 1.00 bits per heavy atom. The molecule has 4 nitrogen and oxygen atoms in total. The van der Waals surface area contributed by atoms with E-state index in [0.29, 0.717) is 13.0 Å². The molecule has 0 saturated heterocycles. The lowest BCUT2D eigenvalue weighted by atomic mass is 10.1. The van der Waals surface area contributed by atoms with Gasteiger partial charge >= 0.3 is 0 Å². The van der Waals surface area contributed by atoms with E-state index in [4.69, 9.17) is 0 Å². The SMILES string of the molecule is O=C(CN1C(=O)CCCc2ccccc21)NCCCc1ccccc1. The maximum atomic E-state index is 12.4. The quantitative estimate of drug-likeness (QED) is 0.824. The molecule has 2 amide bonds. The molecule has 0 aliphatic carbocycles. The predicted octanol–water partition coefficient (Wildman–Crippen LogP) is 3.10. The van der Waals surface area contributed by atoms with Crippen molar-refractivity contribution in [1.29, 1.82) is 0 Å². The fourth-order valence-electron chi connectivity index (χ4n) is 3.22. The lowest BCUT2D eigenvalue weighted by molar-refractivity contribution is -0.123. The van der Waals surface area contributed by atoms with Crippen LogP contribution in [0.25, 0.3) is 0 Å². The molecule has 2 aromatic carbocycles. The van der Waals surface area contributed by atoms with Crippen LogP contribution in [0.15, 0.2) is 54.6 Å². The third-order valence-corrected chi connectivity index (χ3v) is 4.53. The second kappa shape index (κ2) is 8.47. The summed E-state index contributed by atoms with van der Waals surface area (Å²) >= 11 is 0. The first-order chi connectivity index (χ1) is 12.2. The van der Waals surface area contributed by atoms with Gasteiger partial charge in [-0.3, -0.25) is 9.59 Å². The van der Waals surface area contributed by atoms with E-state index in [-0.39, 0.29) is 18.4 Å². The van der Waals surface area contributed by atoms with Crippen molar-refractivity contribution in [3.8, 4) is 0 Å². The van der Waals surface area contributed by atoms with Gasteiger partial charge in [-0.15, -0.1) is 0 Å². The minimum absolute atomic E-state index is 0.0318. The number of carbonyl (C=O) groups excluding carboxylic acids is 2. The van der Waals surface area contributed by atoms with Crippen LogP contribution in [-0.4, -0.2) is 24.9 Å². The normalized spacial score (nSPS) is 13.9. The summed E-state index contributed by atoms with van der Waals surface area (Å²) in [6, 6.07) is 18.1. The Morgan fingerprint density at radius 2 is 1.76 bits per heavy atom. The van der Waals surface area contributed by atoms with E-state index in [9.17, 15) is 9.59 Å². The predicted molar refractivity (Wildman–Crippen MR) is 99.5 cm³/mol. The van der Waals surface area contributed by atoms with Crippen LogP contribution in [-0.2, 0) is 22.4 Å². The Kier molecular flexibility index (Phi) is 5.83. The Labute approximate surface area is 148 Å². The molecule has 0 bridgehead atoms. The highest BCUT2D eigenvalue weighted by molar-refractivity contribution is 5.99. The number of fused-ring (bicyclic) bond motifs is 1. The number of aryl methyl sites for hydroxylation is 2. The van der Waals surface area contributed by atoms with Gasteiger partial charge < -0.3 is 10.2 Å². The zero-order valence-corrected chi connectivity index (χ0v) is 14.4. The molecule has 25 heavy (non-hydrogen) atoms. The molecular weight excluding hydrogens is 312 g/mol. The highest BCUT2D eigenvalue weighted by Crippen LogP contribution is 2.26. The summed E-state index contributed by atoms with van der Waals surface area (Å²) in [4.78, 5) is 26.3. The summed E-state index contributed by atoms with van der Waals surface area (Å²) in [5, 5.41) is 2.94. The number of benzene rings is 2. The molecule has 2 aromatic rings. The first-order valence-corrected chi connectivity index (χ1v) is 8.93. The molecule has 1 aliphatic rings. The number of amides is 2. The van der Waals surface area contributed by atoms with E-state index < -0.39 is 0 Å². The van der Waals surface area contributed by atoms with Crippen molar-refractivity contribution in [3.05, 3.63) is 65.7 Å². The molecule has 3 rings (SSSR count). The van der Waals surface area contributed by atoms with Gasteiger partial charge in [0.2, 0.25) is 11.8 Å². The van der Waals surface area contributed by atoms with Crippen LogP contribution >= 0.6 is 0 Å². The zero-order valence-electron chi connectivity index (χ0n) is 14.4. The molecule has 1 heterocycles. The summed E-state index contributed by atoms with van der Waals surface area (Å²) in [6.07, 6.45) is 4.05. The summed E-state index contributed by atoms with van der Waals surface area (Å²) in [5.74, 6) is -0.0671. The van der Waals surface area contributed by atoms with Crippen LogP contribution < -0.4 is 10.2 Å². The Bertz CT molecular complexity index is 728. The lowest BCUT2D eigenvalue weighted by Gasteiger charge is -2.22. The average molecular weight is 336 g/mol. The molecule has 0 saturated carbocycles. The van der Waals surface area contributed by atoms with Gasteiger partial charge in [0.15, 0.2) is 0 Å². The van der Waals surface area contributed by atoms with E-state index in [1.165, 1.54) is 5.56 Å². The number of carbonyl (C=O) groups is 2. The standard InChI is InChI=1S/C21H24N2O2/c24-20(22-15-7-10-17-8-2-1-3-9-17)16-23-19-13-5-4-11-18(19)12-6-14-21(23)25/h1-5,8-9,11,13H,6-7,10,12,14-16H2,(H,22,24). The number of anilines is 1. The Balaban J connectivity index is 1.52. The molecule has 1 aliphatic heterocycles. The second-order valence-corrected chi connectivity index (χ2v) is 6.40. The molecule has 0 radical (unpaired) electrons. The smallest absolute Gasteiger partial charge is 0.240 e. The molecule has 0 unspecified atom stereocenters. The molecule has 0 aromatic heterocycles. The minimum atomic E-state index is -0.0990. The van der Waals surface area contributed by atoms with Crippen LogP contribution in [0.2, 0.25) is 0 Å². The maximum absolute atomic E-state index is 12.4. The number of nitrogens with one attached hydrogen (secondary N) is 1. The second-order valence-electron chi connectivity index (χ2n) is 6.40. The molecule has 4 heteroatoms. The Morgan fingerprint density at radius 3 is 2.60 bits per heavy atom. The fourth-order valence-corrected chi connectivity index (χ4v) is 3.22. The maximum Gasteiger partial charge on any atom is 0.240 e. The van der Waals surface area contributed by atoms with Crippen LogP contribution in [0.1, 0.15) is 30.4 Å². The fraction of sp³-hybridized carbons (Fsp3) is 0.333. The van der Waals surface area contributed by atoms with Crippen LogP contribution in [0.4, 0.5) is 5.69 Å². The number of nitrogens with zero attached hydrogens (tertiary/aromatic N) is 1. The van der Waals surface area contributed by atoms with Gasteiger partial charge in [0.1, 0.15) is 6.54 Å². The summed E-state index contributed by atoms with van der Waals surface area (Å²) < 4.78 is 0. The molecule has 0 spiro atoms. The van der Waals surface area contributed by atoms with Gasteiger partial charge in [0.05, 0.1) is 0 Å². The average Bonchev–Trinajstić information content (AvgIpc) is 2.79. The van der Waals surface area contributed by atoms with Crippen LogP contribution in [0, 0.1) is 0 Å². The number of rotatable bonds is 6. The van der Waals surface area contributed by atoms with Crippen molar-refractivity contribution < 1.29 is 9.59 Å². The van der Waals surface area contributed by atoms with Crippen LogP contribution in [0.3, 0.4) is 0 Å². The van der Waals surface area contributed by atoms with Gasteiger partial charge in [-0.25, -0.2) is 0 Å². The van der Waals surface area contributed by atoms with Gasteiger partial charge in [-0.05, 0) is 42.9 Å². The third kappa shape index (κ3) is 4.69. The van der Waals surface area contributed by atoms with Gasteiger partial charge in [-0.1, -0.05) is 48.5 Å². The molecule has 0 atom stereocenters. The molecule has 130 valence electrons. The van der Waals surface area contributed by atoms with Crippen molar-refractivity contribution in [2.24, 2.45) is 0 Å². The number of para-hydroxylation sites is 1. The van der Waals surface area contributed by atoms with Gasteiger partial charge in [-0.2, -0.15) is 0 Å². The largest absolute Gasteiger partial charge is 0.355 e. The van der Waals surface area contributed by atoms with Crippen molar-refractivity contribution in [2.75, 3.05) is 18.0 Å². The first-order valence-electron chi connectivity index (χ1n) is 8.93. The van der Waals surface area contributed by atoms with Crippen LogP contribution in [0.5, 0.6) is 0 Å². The van der Waals surface area contributed by atoms with E-state index in [1.54, 1.807) is 4.90 Å². The first kappa shape index (κ1) is 17.2. The molecule has 0 fully saturated rings. The van der Waals surface area contributed by atoms with Gasteiger partial charge in [0.25, 0.3) is 0 Å². The highest BCUT2D eigenvalue weighted by atomic mass is 16.2. The highest BCUT2D eigenvalue weighted by Gasteiger charge is 2.23. The Hall–Kier alpha value is -2.62. The van der Waals surface area contributed by atoms with Crippen molar-refractivity contribution in [2.45, 2.75) is 32.1 Å². The summed E-state index contributed by atoms with van der Waals surface area (Å²) in [5.41, 5.74) is 3.29. The summed E-state index contributed by atoms with van der Waals surface area (Å²) in [6.45, 7) is 0.721. The van der Waals surface area contributed by atoms with Crippen molar-refractivity contribution >= 4 is 17.5 Å². The summed E-state index contributed by atoms with van der Waals surface area (Å²) in [7, 11) is 0. The monoisotopic (exact) mass is 336 g/mol. The molecular formula is C21H24N2O2. The van der Waals surface area contributed by atoms with Crippen molar-refractivity contribution in [3.63, 3.8) is 0 Å². The van der Waals surface area contributed by atoms with E-state index in [2.05, 4.69) is 17.4 Å². The van der Waals surface area contributed by atoms with Gasteiger partial charge in [0, 0.05) is 18.7 Å². The van der Waals surface area contributed by atoms with Crippen molar-refractivity contribution in [1.82, 2.24) is 5.32 Å². The lowest BCUT2D eigenvalue weighted by Crippen LogP contribution is -2.41. The van der Waals surface area contributed by atoms with E-state index in [1.807, 2.05) is 42.5 Å². The number of hydrogen-bond acceptors (Lipinski definition) is 2. The molecule has 1 N–H and O–H groups in total.